The molecule has 2 aliphatic heterocycles. The Kier molecular flexibility index (Phi) is 4.86. The number of benzene rings is 2. The van der Waals surface area contributed by atoms with Crippen molar-refractivity contribution in [3.63, 3.8) is 0 Å². The minimum absolute atomic E-state index is 0.259. The summed E-state index contributed by atoms with van der Waals surface area (Å²) in [6, 6.07) is 13.0. The normalized spacial score (nSPS) is 17.3. The zero-order chi connectivity index (χ0) is 23.4. The third kappa shape index (κ3) is 3.34. The quantitative estimate of drug-likeness (QED) is 0.445. The van der Waals surface area contributed by atoms with E-state index in [0.29, 0.717) is 27.8 Å². The Bertz CT molecular complexity index is 1520. The summed E-state index contributed by atoms with van der Waals surface area (Å²) in [7, 11) is 2.09. The minimum atomic E-state index is -0.462. The number of halogens is 1. The van der Waals surface area contributed by atoms with Crippen LogP contribution in [-0.4, -0.2) is 64.9 Å². The lowest BCUT2D eigenvalue weighted by Gasteiger charge is -2.32. The number of hydrogen-bond donors (Lipinski definition) is 2. The Morgan fingerprint density at radius 1 is 0.912 bits per heavy atom. The molecule has 0 spiro atoms. The molecule has 4 heterocycles. The van der Waals surface area contributed by atoms with Gasteiger partial charge in [0.15, 0.2) is 0 Å². The second-order valence-electron chi connectivity index (χ2n) is 8.61. The van der Waals surface area contributed by atoms with Crippen LogP contribution < -0.4 is 10.2 Å². The van der Waals surface area contributed by atoms with Crippen LogP contribution in [0.4, 0.5) is 5.95 Å². The summed E-state index contributed by atoms with van der Waals surface area (Å²) in [6.07, 6.45) is 1.74. The molecule has 0 bridgehead atoms. The molecule has 1 saturated heterocycles. The number of aromatic nitrogens is 3. The Morgan fingerprint density at radius 2 is 1.68 bits per heavy atom. The van der Waals surface area contributed by atoms with Gasteiger partial charge in [-0.15, -0.1) is 0 Å². The number of amides is 2. The molecular formula is C25H21ClN6O2. The number of rotatable bonds is 3. The molecule has 0 unspecified atom stereocenters. The SMILES string of the molecule is CN1CCN(c2nc(C3=C(c4c[nH]c5cc(Cl)ccc45)C(=O)NC3=O)c3ccccc3n2)CC1. The van der Waals surface area contributed by atoms with Crippen molar-refractivity contribution in [1.82, 2.24) is 25.2 Å². The maximum absolute atomic E-state index is 13.2. The topological polar surface area (TPSA) is 94.2 Å². The van der Waals surface area contributed by atoms with E-state index < -0.39 is 11.8 Å². The number of H-pyrrole nitrogens is 1. The highest BCUT2D eigenvalue weighted by atomic mass is 35.5. The average molecular weight is 473 g/mol. The fourth-order valence-electron chi connectivity index (χ4n) is 4.65. The van der Waals surface area contributed by atoms with E-state index in [2.05, 4.69) is 27.1 Å². The standard InChI is InChI=1S/C25H21ClN6O2/c1-31-8-10-32(11-9-31)25-28-18-5-3-2-4-16(18)22(29-25)21-20(23(33)30-24(21)34)17-13-27-19-12-14(26)6-7-15(17)19/h2-7,12-13,27H,8-11H2,1H3,(H,30,33,34). The molecule has 170 valence electrons. The van der Waals surface area contributed by atoms with E-state index in [1.54, 1.807) is 18.3 Å². The number of nitrogens with zero attached hydrogens (tertiary/aromatic N) is 4. The predicted octanol–water partition coefficient (Wildman–Crippen LogP) is 3.08. The zero-order valence-corrected chi connectivity index (χ0v) is 19.2. The van der Waals surface area contributed by atoms with Gasteiger partial charge in [-0.05, 0) is 25.2 Å². The van der Waals surface area contributed by atoms with E-state index in [1.807, 2.05) is 30.3 Å². The summed E-state index contributed by atoms with van der Waals surface area (Å²) < 4.78 is 0. The molecule has 0 saturated carbocycles. The third-order valence-corrected chi connectivity index (χ3v) is 6.69. The van der Waals surface area contributed by atoms with E-state index in [1.165, 1.54) is 0 Å². The number of anilines is 1. The summed E-state index contributed by atoms with van der Waals surface area (Å²) in [4.78, 5) is 43.4. The number of piperazine rings is 1. The Balaban J connectivity index is 1.60. The number of imide groups is 1. The van der Waals surface area contributed by atoms with Crippen molar-refractivity contribution in [2.45, 2.75) is 0 Å². The molecule has 34 heavy (non-hydrogen) atoms. The lowest BCUT2D eigenvalue weighted by molar-refractivity contribution is -0.122. The van der Waals surface area contributed by atoms with Crippen LogP contribution in [0.3, 0.4) is 0 Å². The van der Waals surface area contributed by atoms with Crippen molar-refractivity contribution in [2.24, 2.45) is 0 Å². The molecule has 2 aromatic heterocycles. The van der Waals surface area contributed by atoms with Crippen LogP contribution in [0, 0.1) is 0 Å². The summed E-state index contributed by atoms with van der Waals surface area (Å²) >= 11 is 6.14. The maximum atomic E-state index is 13.2. The van der Waals surface area contributed by atoms with Crippen molar-refractivity contribution in [1.29, 1.82) is 0 Å². The van der Waals surface area contributed by atoms with Gasteiger partial charge in [0, 0.05) is 59.3 Å². The third-order valence-electron chi connectivity index (χ3n) is 6.46. The molecule has 2 amide bonds. The Hall–Kier alpha value is -3.75. The highest BCUT2D eigenvalue weighted by Crippen LogP contribution is 2.37. The van der Waals surface area contributed by atoms with Crippen LogP contribution in [0.25, 0.3) is 33.0 Å². The highest BCUT2D eigenvalue weighted by molar-refractivity contribution is 6.50. The van der Waals surface area contributed by atoms with Crippen LogP contribution in [0.15, 0.2) is 48.7 Å². The Morgan fingerprint density at radius 3 is 2.50 bits per heavy atom. The van der Waals surface area contributed by atoms with Gasteiger partial charge in [-0.25, -0.2) is 9.97 Å². The molecule has 0 aliphatic carbocycles. The van der Waals surface area contributed by atoms with Crippen molar-refractivity contribution in [2.75, 3.05) is 38.1 Å². The number of aromatic amines is 1. The minimum Gasteiger partial charge on any atom is -0.360 e. The largest absolute Gasteiger partial charge is 0.360 e. The maximum Gasteiger partial charge on any atom is 0.261 e. The van der Waals surface area contributed by atoms with E-state index in [0.717, 1.165) is 48.0 Å². The average Bonchev–Trinajstić information content (AvgIpc) is 3.37. The molecule has 2 aromatic carbocycles. The summed E-state index contributed by atoms with van der Waals surface area (Å²) in [5.41, 5.74) is 3.16. The van der Waals surface area contributed by atoms with Crippen LogP contribution >= 0.6 is 11.6 Å². The smallest absolute Gasteiger partial charge is 0.261 e. The van der Waals surface area contributed by atoms with Gasteiger partial charge in [0.05, 0.1) is 22.4 Å². The molecule has 0 atom stereocenters. The van der Waals surface area contributed by atoms with Gasteiger partial charge < -0.3 is 14.8 Å². The molecule has 9 heteroatoms. The van der Waals surface area contributed by atoms with Gasteiger partial charge in [-0.3, -0.25) is 14.9 Å². The Labute approximate surface area is 200 Å². The van der Waals surface area contributed by atoms with Crippen molar-refractivity contribution < 1.29 is 9.59 Å². The van der Waals surface area contributed by atoms with E-state index >= 15 is 0 Å². The first-order valence-corrected chi connectivity index (χ1v) is 11.4. The summed E-state index contributed by atoms with van der Waals surface area (Å²) in [5.74, 6) is -0.345. The number of carbonyl (C=O) groups excluding carboxylic acids is 2. The number of carbonyl (C=O) groups is 2. The van der Waals surface area contributed by atoms with Gasteiger partial charge in [0.25, 0.3) is 11.8 Å². The van der Waals surface area contributed by atoms with E-state index in [9.17, 15) is 9.59 Å². The lowest BCUT2D eigenvalue weighted by atomic mass is 9.97. The van der Waals surface area contributed by atoms with Crippen molar-refractivity contribution in [3.8, 4) is 0 Å². The van der Waals surface area contributed by atoms with Crippen LogP contribution in [0.1, 0.15) is 11.3 Å². The molecule has 2 N–H and O–H groups in total. The van der Waals surface area contributed by atoms with Gasteiger partial charge in [-0.2, -0.15) is 0 Å². The fourth-order valence-corrected chi connectivity index (χ4v) is 4.82. The fraction of sp³-hybridized carbons (Fsp3) is 0.200. The van der Waals surface area contributed by atoms with Crippen molar-refractivity contribution in [3.05, 3.63) is 64.9 Å². The van der Waals surface area contributed by atoms with Crippen LogP contribution in [0.5, 0.6) is 0 Å². The van der Waals surface area contributed by atoms with Crippen LogP contribution in [0.2, 0.25) is 5.02 Å². The number of fused-ring (bicyclic) bond motifs is 2. The molecule has 0 radical (unpaired) electrons. The van der Waals surface area contributed by atoms with E-state index in [4.69, 9.17) is 21.6 Å². The van der Waals surface area contributed by atoms with Gasteiger partial charge >= 0.3 is 0 Å². The van der Waals surface area contributed by atoms with E-state index in [-0.39, 0.29) is 5.57 Å². The number of likely N-dealkylation sites (N-methyl/N-ethyl adjacent to an activating group) is 1. The molecule has 2 aliphatic rings. The number of hydrogen-bond acceptors (Lipinski definition) is 6. The van der Waals surface area contributed by atoms with Gasteiger partial charge in [-0.1, -0.05) is 35.9 Å². The van der Waals surface area contributed by atoms with Crippen LogP contribution in [-0.2, 0) is 9.59 Å². The first kappa shape index (κ1) is 20.8. The number of nitrogens with one attached hydrogen (secondary N) is 2. The van der Waals surface area contributed by atoms with Gasteiger partial charge in [0.2, 0.25) is 5.95 Å². The lowest BCUT2D eigenvalue weighted by Crippen LogP contribution is -2.45. The molecule has 6 rings (SSSR count). The van der Waals surface area contributed by atoms with Gasteiger partial charge in [0.1, 0.15) is 0 Å². The predicted molar refractivity (Wildman–Crippen MR) is 133 cm³/mol. The first-order chi connectivity index (χ1) is 16.5. The number of para-hydroxylation sites is 1. The molecule has 1 fully saturated rings. The summed E-state index contributed by atoms with van der Waals surface area (Å²) in [5, 5.41) is 4.59. The first-order valence-electron chi connectivity index (χ1n) is 11.1. The second-order valence-corrected chi connectivity index (χ2v) is 9.04. The second kappa shape index (κ2) is 7.93. The zero-order valence-electron chi connectivity index (χ0n) is 18.4. The highest BCUT2D eigenvalue weighted by Gasteiger charge is 2.36. The summed E-state index contributed by atoms with van der Waals surface area (Å²) in [6.45, 7) is 3.37. The monoisotopic (exact) mass is 472 g/mol. The molecular weight excluding hydrogens is 452 g/mol. The van der Waals surface area contributed by atoms with Crippen molar-refractivity contribution >= 4 is 62.3 Å². The molecule has 4 aromatic rings. The molecule has 8 nitrogen and oxygen atoms in total.